The molecule has 0 saturated carbocycles. The van der Waals surface area contributed by atoms with Crippen LogP contribution in [-0.4, -0.2) is 36.4 Å². The Kier molecular flexibility index (Phi) is 6.26. The van der Waals surface area contributed by atoms with Gasteiger partial charge in [0, 0.05) is 5.56 Å². The Labute approximate surface area is 161 Å². The number of hydrogen-bond acceptors (Lipinski definition) is 4. The quantitative estimate of drug-likeness (QED) is 0.646. The molecule has 0 aliphatic carbocycles. The fourth-order valence-electron chi connectivity index (χ4n) is 2.38. The Morgan fingerprint density at radius 2 is 2.04 bits per heavy atom. The standard InChI is InChI=1S/C21H18FN3O3/c1-27-16-8-6-7-15(13-16)18-14-19(25-24-18)21(26)23-11-4-5-12-28-20-10-3-2-9-17(20)22/h2-3,6-10,13-14H,11-12H2,1H3,(H,23,26)(H,24,25). The number of H-pyrrole nitrogens is 1. The number of nitrogens with one attached hydrogen (secondary N) is 2. The van der Waals surface area contributed by atoms with Crippen molar-refractivity contribution < 1.29 is 18.7 Å². The summed E-state index contributed by atoms with van der Waals surface area (Å²) in [5.41, 5.74) is 1.79. The molecule has 1 heterocycles. The van der Waals surface area contributed by atoms with Crippen molar-refractivity contribution in [1.29, 1.82) is 0 Å². The lowest BCUT2D eigenvalue weighted by molar-refractivity contribution is 0.0953. The molecule has 6 nitrogen and oxygen atoms in total. The molecule has 0 atom stereocenters. The molecule has 0 bridgehead atoms. The minimum Gasteiger partial charge on any atom is -0.497 e. The Morgan fingerprint density at radius 3 is 2.86 bits per heavy atom. The molecule has 0 radical (unpaired) electrons. The highest BCUT2D eigenvalue weighted by molar-refractivity contribution is 5.93. The second kappa shape index (κ2) is 9.24. The number of amides is 1. The molecule has 142 valence electrons. The number of nitrogens with zero attached hydrogens (tertiary/aromatic N) is 1. The Hall–Kier alpha value is -3.79. The maximum absolute atomic E-state index is 13.4. The van der Waals surface area contributed by atoms with Crippen LogP contribution in [0, 0.1) is 17.7 Å². The second-order valence-corrected chi connectivity index (χ2v) is 5.65. The summed E-state index contributed by atoms with van der Waals surface area (Å²) in [6.07, 6.45) is 0. The van der Waals surface area contributed by atoms with Crippen molar-refractivity contribution >= 4 is 5.91 Å². The fraction of sp³-hybridized carbons (Fsp3) is 0.143. The number of rotatable bonds is 6. The van der Waals surface area contributed by atoms with Gasteiger partial charge in [0.25, 0.3) is 5.91 Å². The van der Waals surface area contributed by atoms with Crippen LogP contribution in [0.25, 0.3) is 11.3 Å². The second-order valence-electron chi connectivity index (χ2n) is 5.65. The normalized spacial score (nSPS) is 9.93. The van der Waals surface area contributed by atoms with Gasteiger partial charge in [-0.15, -0.1) is 0 Å². The first-order chi connectivity index (χ1) is 13.7. The molecule has 3 aromatic rings. The van der Waals surface area contributed by atoms with E-state index in [0.29, 0.717) is 17.1 Å². The molecule has 0 saturated heterocycles. The van der Waals surface area contributed by atoms with Gasteiger partial charge in [0.2, 0.25) is 0 Å². The third kappa shape index (κ3) is 4.89. The lowest BCUT2D eigenvalue weighted by Crippen LogP contribution is -2.24. The molecule has 2 aromatic carbocycles. The van der Waals surface area contributed by atoms with Crippen LogP contribution in [0.1, 0.15) is 10.5 Å². The first-order valence-corrected chi connectivity index (χ1v) is 8.48. The SMILES string of the molecule is COc1cccc(-c2cc(C(=O)NCC#CCOc3ccccc3F)[nH]n2)c1. The number of halogens is 1. The zero-order valence-electron chi connectivity index (χ0n) is 15.2. The molecule has 0 fully saturated rings. The highest BCUT2D eigenvalue weighted by Gasteiger charge is 2.10. The van der Waals surface area contributed by atoms with Gasteiger partial charge in [-0.05, 0) is 30.3 Å². The van der Waals surface area contributed by atoms with Gasteiger partial charge in [0.05, 0.1) is 19.3 Å². The van der Waals surface area contributed by atoms with E-state index in [-0.39, 0.29) is 24.8 Å². The summed E-state index contributed by atoms with van der Waals surface area (Å²) in [5, 5.41) is 9.51. The zero-order chi connectivity index (χ0) is 19.8. The number of carbonyl (C=O) groups excluding carboxylic acids is 1. The van der Waals surface area contributed by atoms with E-state index in [2.05, 4.69) is 27.4 Å². The third-order valence-corrected chi connectivity index (χ3v) is 3.79. The van der Waals surface area contributed by atoms with Crippen molar-refractivity contribution in [2.24, 2.45) is 0 Å². The number of aromatic amines is 1. The van der Waals surface area contributed by atoms with Crippen LogP contribution in [0.2, 0.25) is 0 Å². The molecular weight excluding hydrogens is 361 g/mol. The summed E-state index contributed by atoms with van der Waals surface area (Å²) >= 11 is 0. The van der Waals surface area contributed by atoms with Gasteiger partial charge >= 0.3 is 0 Å². The van der Waals surface area contributed by atoms with Crippen molar-refractivity contribution in [3.8, 4) is 34.6 Å². The lowest BCUT2D eigenvalue weighted by Gasteiger charge is -2.02. The highest BCUT2D eigenvalue weighted by atomic mass is 19.1. The predicted octanol–water partition coefficient (Wildman–Crippen LogP) is 3.04. The molecule has 28 heavy (non-hydrogen) atoms. The fourth-order valence-corrected chi connectivity index (χ4v) is 2.38. The van der Waals surface area contributed by atoms with E-state index < -0.39 is 5.82 Å². The molecule has 2 N–H and O–H groups in total. The van der Waals surface area contributed by atoms with Crippen molar-refractivity contribution in [3.05, 3.63) is 66.1 Å². The Bertz CT molecular complexity index is 1020. The number of para-hydroxylation sites is 1. The molecule has 0 spiro atoms. The van der Waals surface area contributed by atoms with Crippen molar-refractivity contribution in [3.63, 3.8) is 0 Å². The van der Waals surface area contributed by atoms with Crippen LogP contribution >= 0.6 is 0 Å². The van der Waals surface area contributed by atoms with Crippen LogP contribution in [-0.2, 0) is 0 Å². The maximum Gasteiger partial charge on any atom is 0.270 e. The minimum absolute atomic E-state index is 0.0286. The molecule has 7 heteroatoms. The first-order valence-electron chi connectivity index (χ1n) is 8.48. The highest BCUT2D eigenvalue weighted by Crippen LogP contribution is 2.22. The molecule has 0 aliphatic rings. The monoisotopic (exact) mass is 379 g/mol. The summed E-state index contributed by atoms with van der Waals surface area (Å²) in [4.78, 5) is 12.2. The molecule has 1 amide bonds. The number of methoxy groups -OCH3 is 1. The number of hydrogen-bond donors (Lipinski definition) is 2. The first kappa shape index (κ1) is 19.0. The van der Waals surface area contributed by atoms with Crippen molar-refractivity contribution in [2.75, 3.05) is 20.3 Å². The lowest BCUT2D eigenvalue weighted by atomic mass is 10.1. The van der Waals surface area contributed by atoms with E-state index in [4.69, 9.17) is 9.47 Å². The van der Waals surface area contributed by atoms with E-state index in [1.807, 2.05) is 24.3 Å². The number of ether oxygens (including phenoxy) is 2. The largest absolute Gasteiger partial charge is 0.497 e. The third-order valence-electron chi connectivity index (χ3n) is 3.79. The summed E-state index contributed by atoms with van der Waals surface area (Å²) < 4.78 is 23.8. The molecular formula is C21H18FN3O3. The van der Waals surface area contributed by atoms with Gasteiger partial charge < -0.3 is 14.8 Å². The summed E-state index contributed by atoms with van der Waals surface area (Å²) in [5.74, 6) is 5.55. The average Bonchev–Trinajstić information content (AvgIpc) is 3.22. The molecule has 0 aliphatic heterocycles. The Balaban J connectivity index is 1.49. The van der Waals surface area contributed by atoms with E-state index in [0.717, 1.165) is 5.56 Å². The number of aromatic nitrogens is 2. The van der Waals surface area contributed by atoms with Gasteiger partial charge in [-0.25, -0.2) is 4.39 Å². The van der Waals surface area contributed by atoms with Crippen LogP contribution in [0.5, 0.6) is 11.5 Å². The van der Waals surface area contributed by atoms with Gasteiger partial charge in [-0.1, -0.05) is 36.1 Å². The zero-order valence-corrected chi connectivity index (χ0v) is 15.2. The van der Waals surface area contributed by atoms with Crippen molar-refractivity contribution in [1.82, 2.24) is 15.5 Å². The van der Waals surface area contributed by atoms with Crippen LogP contribution in [0.15, 0.2) is 54.6 Å². The number of benzene rings is 2. The van der Waals surface area contributed by atoms with Crippen LogP contribution < -0.4 is 14.8 Å². The summed E-state index contributed by atoms with van der Waals surface area (Å²) in [7, 11) is 1.59. The van der Waals surface area contributed by atoms with Gasteiger partial charge in [0.1, 0.15) is 18.1 Å². The summed E-state index contributed by atoms with van der Waals surface area (Å²) in [6.45, 7) is 0.161. The smallest absolute Gasteiger partial charge is 0.270 e. The van der Waals surface area contributed by atoms with Gasteiger partial charge in [-0.2, -0.15) is 5.10 Å². The van der Waals surface area contributed by atoms with E-state index >= 15 is 0 Å². The molecule has 0 unspecified atom stereocenters. The van der Waals surface area contributed by atoms with Gasteiger partial charge in [-0.3, -0.25) is 9.89 Å². The van der Waals surface area contributed by atoms with Crippen LogP contribution in [0.4, 0.5) is 4.39 Å². The van der Waals surface area contributed by atoms with Gasteiger partial charge in [0.15, 0.2) is 11.6 Å². The summed E-state index contributed by atoms with van der Waals surface area (Å²) in [6, 6.07) is 15.1. The van der Waals surface area contributed by atoms with E-state index in [1.165, 1.54) is 12.1 Å². The maximum atomic E-state index is 13.4. The average molecular weight is 379 g/mol. The Morgan fingerprint density at radius 1 is 1.18 bits per heavy atom. The van der Waals surface area contributed by atoms with Crippen molar-refractivity contribution in [2.45, 2.75) is 0 Å². The van der Waals surface area contributed by atoms with E-state index in [1.54, 1.807) is 25.3 Å². The topological polar surface area (TPSA) is 76.2 Å². The molecule has 3 rings (SSSR count). The van der Waals surface area contributed by atoms with Crippen LogP contribution in [0.3, 0.4) is 0 Å². The minimum atomic E-state index is -0.441. The molecule has 1 aromatic heterocycles. The van der Waals surface area contributed by atoms with E-state index in [9.17, 15) is 9.18 Å². The predicted molar refractivity (Wildman–Crippen MR) is 103 cm³/mol. The number of carbonyl (C=O) groups is 1.